The first-order valence-corrected chi connectivity index (χ1v) is 8.05. The molecular weight excluding hydrogens is 320 g/mol. The number of halogens is 2. The molecular formula is C12H22Br2O. The van der Waals surface area contributed by atoms with Crippen LogP contribution >= 0.6 is 31.9 Å². The molecule has 1 heterocycles. The van der Waals surface area contributed by atoms with Crippen molar-refractivity contribution in [3.63, 3.8) is 0 Å². The zero-order valence-corrected chi connectivity index (χ0v) is 13.1. The maximum Gasteiger partial charge on any atom is 0.0585 e. The second kappa shape index (κ2) is 6.02. The predicted molar refractivity (Wildman–Crippen MR) is 73.0 cm³/mol. The maximum atomic E-state index is 5.93. The number of alkyl halides is 2. The fraction of sp³-hybridized carbons (Fsp3) is 1.00. The van der Waals surface area contributed by atoms with Crippen molar-refractivity contribution in [2.75, 3.05) is 10.7 Å². The van der Waals surface area contributed by atoms with Gasteiger partial charge in [0.05, 0.1) is 12.2 Å². The molecule has 1 nitrogen and oxygen atoms in total. The van der Waals surface area contributed by atoms with Crippen molar-refractivity contribution in [1.29, 1.82) is 0 Å². The summed E-state index contributed by atoms with van der Waals surface area (Å²) in [5.41, 5.74) is 0.342. The lowest BCUT2D eigenvalue weighted by molar-refractivity contribution is 0.0218. The third-order valence-electron chi connectivity index (χ3n) is 3.71. The highest BCUT2D eigenvalue weighted by atomic mass is 79.9. The van der Waals surface area contributed by atoms with E-state index in [9.17, 15) is 0 Å². The Morgan fingerprint density at radius 3 is 2.20 bits per heavy atom. The Morgan fingerprint density at radius 1 is 1.27 bits per heavy atom. The van der Waals surface area contributed by atoms with E-state index in [0.717, 1.165) is 10.7 Å². The van der Waals surface area contributed by atoms with Gasteiger partial charge in [-0.25, -0.2) is 0 Å². The first-order chi connectivity index (χ1) is 7.04. The number of ether oxygens (including phenoxy) is 1. The Kier molecular flexibility index (Phi) is 5.61. The van der Waals surface area contributed by atoms with E-state index in [1.165, 1.54) is 19.3 Å². The molecule has 2 atom stereocenters. The van der Waals surface area contributed by atoms with E-state index in [2.05, 4.69) is 52.6 Å². The predicted octanol–water partition coefficient (Wildman–Crippen LogP) is 4.38. The van der Waals surface area contributed by atoms with Gasteiger partial charge < -0.3 is 4.74 Å². The molecule has 0 aromatic carbocycles. The maximum absolute atomic E-state index is 5.93. The van der Waals surface area contributed by atoms with Crippen LogP contribution in [0.5, 0.6) is 0 Å². The lowest BCUT2D eigenvalue weighted by Gasteiger charge is -2.36. The van der Waals surface area contributed by atoms with Crippen molar-refractivity contribution in [2.45, 2.75) is 52.2 Å². The lowest BCUT2D eigenvalue weighted by Crippen LogP contribution is -2.35. The van der Waals surface area contributed by atoms with Crippen LogP contribution in [-0.4, -0.2) is 22.9 Å². The van der Waals surface area contributed by atoms with Gasteiger partial charge in [0.25, 0.3) is 0 Å². The summed E-state index contributed by atoms with van der Waals surface area (Å²) < 4.78 is 5.93. The van der Waals surface area contributed by atoms with Gasteiger partial charge in [0.15, 0.2) is 0 Å². The number of rotatable bonds is 5. The van der Waals surface area contributed by atoms with Crippen molar-refractivity contribution in [2.24, 2.45) is 11.3 Å². The highest BCUT2D eigenvalue weighted by molar-refractivity contribution is 9.09. The second-order valence-corrected chi connectivity index (χ2v) is 6.26. The van der Waals surface area contributed by atoms with E-state index < -0.39 is 0 Å². The van der Waals surface area contributed by atoms with Crippen LogP contribution in [0.1, 0.15) is 40.0 Å². The molecule has 3 heteroatoms. The Labute approximate surface area is 111 Å². The van der Waals surface area contributed by atoms with Crippen molar-refractivity contribution in [3.05, 3.63) is 0 Å². The molecule has 15 heavy (non-hydrogen) atoms. The summed E-state index contributed by atoms with van der Waals surface area (Å²) in [5.74, 6) is 0.677. The first kappa shape index (κ1) is 14.0. The van der Waals surface area contributed by atoms with Gasteiger partial charge in [-0.2, -0.15) is 0 Å². The smallest absolute Gasteiger partial charge is 0.0585 e. The van der Waals surface area contributed by atoms with Gasteiger partial charge in [-0.1, -0.05) is 45.7 Å². The fourth-order valence-electron chi connectivity index (χ4n) is 2.18. The molecule has 90 valence electrons. The van der Waals surface area contributed by atoms with Gasteiger partial charge >= 0.3 is 0 Å². The van der Waals surface area contributed by atoms with E-state index >= 15 is 0 Å². The van der Waals surface area contributed by atoms with Crippen LogP contribution in [0.4, 0.5) is 0 Å². The molecule has 1 aliphatic heterocycles. The molecule has 0 N–H and O–H groups in total. The highest BCUT2D eigenvalue weighted by Gasteiger charge is 2.36. The number of hydrogen-bond donors (Lipinski definition) is 0. The van der Waals surface area contributed by atoms with Crippen LogP contribution in [0.25, 0.3) is 0 Å². The second-order valence-electron chi connectivity index (χ2n) is 5.13. The summed E-state index contributed by atoms with van der Waals surface area (Å²) >= 11 is 7.34. The molecule has 1 fully saturated rings. The summed E-state index contributed by atoms with van der Waals surface area (Å²) in [6.07, 6.45) is 4.56. The van der Waals surface area contributed by atoms with E-state index in [1.54, 1.807) is 0 Å². The topological polar surface area (TPSA) is 9.23 Å². The van der Waals surface area contributed by atoms with Crippen LogP contribution in [0.3, 0.4) is 0 Å². The zero-order chi connectivity index (χ0) is 11.5. The Morgan fingerprint density at radius 2 is 1.87 bits per heavy atom. The summed E-state index contributed by atoms with van der Waals surface area (Å²) in [7, 11) is 0. The first-order valence-electron chi connectivity index (χ1n) is 5.81. The Balaban J connectivity index is 2.58. The van der Waals surface area contributed by atoms with E-state index in [4.69, 9.17) is 4.74 Å². The minimum absolute atomic E-state index is 0.342. The normalized spacial score (nSPS) is 27.6. The average molecular weight is 342 g/mol. The van der Waals surface area contributed by atoms with Crippen LogP contribution < -0.4 is 0 Å². The largest absolute Gasteiger partial charge is 0.375 e. The van der Waals surface area contributed by atoms with Gasteiger partial charge in [-0.05, 0) is 37.5 Å². The summed E-state index contributed by atoms with van der Waals surface area (Å²) in [5, 5.41) is 2.11. The van der Waals surface area contributed by atoms with Gasteiger partial charge in [-0.3, -0.25) is 0 Å². The summed E-state index contributed by atoms with van der Waals surface area (Å²) in [6, 6.07) is 0. The number of hydrogen-bond acceptors (Lipinski definition) is 1. The van der Waals surface area contributed by atoms with Crippen molar-refractivity contribution in [3.8, 4) is 0 Å². The fourth-order valence-corrected chi connectivity index (χ4v) is 4.86. The molecule has 0 bridgehead atoms. The molecule has 0 radical (unpaired) electrons. The molecule has 1 saturated heterocycles. The molecule has 0 amide bonds. The third-order valence-corrected chi connectivity index (χ3v) is 5.94. The van der Waals surface area contributed by atoms with Gasteiger partial charge in [0, 0.05) is 10.7 Å². The van der Waals surface area contributed by atoms with E-state index in [1.807, 2.05) is 0 Å². The van der Waals surface area contributed by atoms with Crippen LogP contribution in [0.2, 0.25) is 0 Å². The Bertz CT molecular complexity index is 190. The Hall–Kier alpha value is 0.920. The van der Waals surface area contributed by atoms with Gasteiger partial charge in [-0.15, -0.1) is 0 Å². The standard InChI is InChI=1S/C12H22Br2O/c1-9(2)12(7-13,8-14)6-11-5-4-10(3)15-11/h9-11H,4-8H2,1-3H3. The molecule has 0 aromatic heterocycles. The highest BCUT2D eigenvalue weighted by Crippen LogP contribution is 2.40. The minimum Gasteiger partial charge on any atom is -0.375 e. The molecule has 0 spiro atoms. The van der Waals surface area contributed by atoms with E-state index in [-0.39, 0.29) is 0 Å². The quantitative estimate of drug-likeness (QED) is 0.674. The van der Waals surface area contributed by atoms with Crippen LogP contribution in [0.15, 0.2) is 0 Å². The van der Waals surface area contributed by atoms with Crippen molar-refractivity contribution >= 4 is 31.9 Å². The third kappa shape index (κ3) is 3.44. The van der Waals surface area contributed by atoms with E-state index in [0.29, 0.717) is 23.5 Å². The van der Waals surface area contributed by atoms with Gasteiger partial charge in [0.2, 0.25) is 0 Å². The monoisotopic (exact) mass is 340 g/mol. The van der Waals surface area contributed by atoms with Crippen LogP contribution in [-0.2, 0) is 4.74 Å². The molecule has 0 aliphatic carbocycles. The zero-order valence-electron chi connectivity index (χ0n) is 9.93. The van der Waals surface area contributed by atoms with Crippen molar-refractivity contribution < 1.29 is 4.74 Å². The van der Waals surface area contributed by atoms with Crippen LogP contribution in [0, 0.1) is 11.3 Å². The summed E-state index contributed by atoms with van der Waals surface area (Å²) in [4.78, 5) is 0. The molecule has 0 saturated carbocycles. The van der Waals surface area contributed by atoms with Crippen molar-refractivity contribution in [1.82, 2.24) is 0 Å². The molecule has 2 unspecified atom stereocenters. The van der Waals surface area contributed by atoms with Gasteiger partial charge in [0.1, 0.15) is 0 Å². The summed E-state index contributed by atoms with van der Waals surface area (Å²) in [6.45, 7) is 6.79. The SMILES string of the molecule is CC1CCC(CC(CBr)(CBr)C(C)C)O1. The molecule has 0 aromatic rings. The average Bonchev–Trinajstić information content (AvgIpc) is 2.60. The lowest BCUT2D eigenvalue weighted by atomic mass is 9.76. The minimum atomic E-state index is 0.342. The molecule has 1 rings (SSSR count). The molecule has 1 aliphatic rings.